The molecule has 3 aromatic carbocycles. The van der Waals surface area contributed by atoms with Crippen molar-refractivity contribution in [2.45, 2.75) is 32.1 Å². The van der Waals surface area contributed by atoms with Gasteiger partial charge in [-0.25, -0.2) is 5.43 Å². The van der Waals surface area contributed by atoms with Crippen LogP contribution in [-0.4, -0.2) is 30.4 Å². The highest BCUT2D eigenvalue weighted by molar-refractivity contribution is 5.68. The van der Waals surface area contributed by atoms with Gasteiger partial charge in [0, 0.05) is 19.6 Å². The van der Waals surface area contributed by atoms with Crippen LogP contribution in [0.3, 0.4) is 0 Å². The van der Waals surface area contributed by atoms with Crippen LogP contribution in [0.2, 0.25) is 0 Å². The van der Waals surface area contributed by atoms with E-state index in [0.29, 0.717) is 12.5 Å². The smallest absolute Gasteiger partial charge is 0.231 e. The van der Waals surface area contributed by atoms with E-state index in [1.165, 1.54) is 16.7 Å². The number of aromatic nitrogens is 2. The van der Waals surface area contributed by atoms with Crippen molar-refractivity contribution in [3.63, 3.8) is 0 Å². The van der Waals surface area contributed by atoms with Crippen LogP contribution in [0.25, 0.3) is 0 Å². The van der Waals surface area contributed by atoms with E-state index in [1.54, 1.807) is 7.11 Å². The van der Waals surface area contributed by atoms with Crippen LogP contribution in [0.15, 0.2) is 72.8 Å². The van der Waals surface area contributed by atoms with Crippen molar-refractivity contribution in [2.75, 3.05) is 35.7 Å². The Balaban J connectivity index is 1.20. The molecule has 198 valence electrons. The zero-order chi connectivity index (χ0) is 26.2. The Morgan fingerprint density at radius 1 is 0.897 bits per heavy atom. The fraction of sp³-hybridized carbons (Fsp3) is 0.267. The quantitative estimate of drug-likeness (QED) is 0.339. The predicted molar refractivity (Wildman–Crippen MR) is 149 cm³/mol. The molecule has 0 fully saturated rings. The van der Waals surface area contributed by atoms with Gasteiger partial charge in [-0.1, -0.05) is 48.5 Å². The van der Waals surface area contributed by atoms with Gasteiger partial charge < -0.3 is 24.4 Å². The molecule has 9 heteroatoms. The number of hydrogen-bond acceptors (Lipinski definition) is 9. The minimum atomic E-state index is 0.189. The second-order valence-electron chi connectivity index (χ2n) is 9.96. The van der Waals surface area contributed by atoms with E-state index in [1.807, 2.05) is 36.4 Å². The highest BCUT2D eigenvalue weighted by Crippen LogP contribution is 2.44. The van der Waals surface area contributed by atoms with Gasteiger partial charge in [-0.2, -0.15) is 9.97 Å². The van der Waals surface area contributed by atoms with Crippen LogP contribution in [0.5, 0.6) is 17.2 Å². The molecule has 0 amide bonds. The summed E-state index contributed by atoms with van der Waals surface area (Å²) in [6, 6.07) is 24.9. The monoisotopic (exact) mass is 522 g/mol. The Morgan fingerprint density at radius 2 is 1.67 bits per heavy atom. The summed E-state index contributed by atoms with van der Waals surface area (Å²) in [4.78, 5) is 12.4. The Bertz CT molecular complexity index is 1480. The number of anilines is 3. The summed E-state index contributed by atoms with van der Waals surface area (Å²) in [6.45, 7) is 3.22. The number of rotatable bonds is 8. The first-order valence-corrected chi connectivity index (χ1v) is 13.2. The minimum Gasteiger partial charge on any atom is -0.497 e. The third-order valence-corrected chi connectivity index (χ3v) is 7.41. The predicted octanol–water partition coefficient (Wildman–Crippen LogP) is 4.80. The van der Waals surface area contributed by atoms with Gasteiger partial charge in [0.15, 0.2) is 17.3 Å². The summed E-state index contributed by atoms with van der Waals surface area (Å²) < 4.78 is 16.4. The normalized spacial score (nSPS) is 16.8. The summed E-state index contributed by atoms with van der Waals surface area (Å²) in [5.41, 5.74) is 8.38. The molecule has 0 spiro atoms. The Labute approximate surface area is 227 Å². The maximum atomic E-state index is 5.55. The molecule has 0 radical (unpaired) electrons. The molecular weight excluding hydrogens is 492 g/mol. The van der Waals surface area contributed by atoms with Gasteiger partial charge in [0.25, 0.3) is 0 Å². The lowest BCUT2D eigenvalue weighted by Gasteiger charge is -2.32. The van der Waals surface area contributed by atoms with Crippen LogP contribution >= 0.6 is 0 Å². The highest BCUT2D eigenvalue weighted by atomic mass is 16.7. The van der Waals surface area contributed by atoms with Gasteiger partial charge in [-0.05, 0) is 47.4 Å². The Morgan fingerprint density at radius 3 is 2.51 bits per heavy atom. The summed E-state index contributed by atoms with van der Waals surface area (Å²) in [5.74, 6) is 4.91. The Kier molecular flexibility index (Phi) is 6.05. The molecule has 9 nitrogen and oxygen atoms in total. The van der Waals surface area contributed by atoms with Crippen molar-refractivity contribution >= 4 is 17.6 Å². The fourth-order valence-electron chi connectivity index (χ4n) is 5.42. The molecule has 1 unspecified atom stereocenters. The van der Waals surface area contributed by atoms with Crippen molar-refractivity contribution in [1.29, 1.82) is 0 Å². The van der Waals surface area contributed by atoms with Crippen LogP contribution in [0.4, 0.5) is 17.6 Å². The number of fused-ring (bicyclic) bond motifs is 1. The van der Waals surface area contributed by atoms with Crippen LogP contribution < -0.4 is 34.9 Å². The van der Waals surface area contributed by atoms with Crippen LogP contribution in [0, 0.1) is 0 Å². The molecule has 39 heavy (non-hydrogen) atoms. The fourth-order valence-corrected chi connectivity index (χ4v) is 5.42. The van der Waals surface area contributed by atoms with Gasteiger partial charge in [-0.3, -0.25) is 5.01 Å². The van der Waals surface area contributed by atoms with E-state index in [2.05, 4.69) is 57.0 Å². The topological polar surface area (TPSA) is 84.0 Å². The number of nitrogens with zero attached hydrogens (tertiary/aromatic N) is 4. The van der Waals surface area contributed by atoms with Gasteiger partial charge in [0.05, 0.1) is 25.3 Å². The van der Waals surface area contributed by atoms with E-state index in [-0.39, 0.29) is 12.8 Å². The number of benzene rings is 3. The molecule has 0 aliphatic carbocycles. The number of ether oxygens (including phenoxy) is 3. The van der Waals surface area contributed by atoms with E-state index < -0.39 is 0 Å². The van der Waals surface area contributed by atoms with E-state index in [4.69, 9.17) is 24.2 Å². The minimum absolute atomic E-state index is 0.189. The highest BCUT2D eigenvalue weighted by Gasteiger charge is 2.38. The number of hydrogen-bond donors (Lipinski definition) is 2. The molecule has 3 aliphatic rings. The average molecular weight is 523 g/mol. The molecule has 1 atom stereocenters. The lowest BCUT2D eigenvalue weighted by atomic mass is 10.0. The van der Waals surface area contributed by atoms with Gasteiger partial charge in [-0.15, -0.1) is 0 Å². The lowest BCUT2D eigenvalue weighted by molar-refractivity contribution is 0.174. The van der Waals surface area contributed by atoms with Crippen molar-refractivity contribution in [3.8, 4) is 17.2 Å². The summed E-state index contributed by atoms with van der Waals surface area (Å²) in [5, 5.41) is 5.63. The average Bonchev–Trinajstić information content (AvgIpc) is 3.59. The molecule has 4 aromatic rings. The Hall–Kier alpha value is -4.50. The number of methoxy groups -OCH3 is 1. The number of nitrogens with one attached hydrogen (secondary N) is 2. The first kappa shape index (κ1) is 23.6. The second-order valence-corrected chi connectivity index (χ2v) is 9.96. The maximum Gasteiger partial charge on any atom is 0.231 e. The van der Waals surface area contributed by atoms with Crippen molar-refractivity contribution < 1.29 is 14.2 Å². The van der Waals surface area contributed by atoms with Crippen molar-refractivity contribution in [3.05, 3.63) is 95.1 Å². The molecule has 0 saturated carbocycles. The standard InChI is InChI=1S/C30H30N6O3/c1-37-23-10-7-21(8-11-23)17-35-14-13-24-27-28(35)32-30(31-16-22-9-12-25-26(15-22)39-19-38-25)33-29(27)36(34-24)18-20-5-3-2-4-6-20/h2-12,15,24,34H,13-14,16-19H2,1H3,(H,31,32,33). The zero-order valence-electron chi connectivity index (χ0n) is 21.8. The molecule has 2 N–H and O–H groups in total. The van der Waals surface area contributed by atoms with Gasteiger partial charge >= 0.3 is 0 Å². The number of hydrazine groups is 1. The molecule has 0 bridgehead atoms. The zero-order valence-corrected chi connectivity index (χ0v) is 21.8. The lowest BCUT2D eigenvalue weighted by Crippen LogP contribution is -2.37. The van der Waals surface area contributed by atoms with Crippen LogP contribution in [-0.2, 0) is 19.6 Å². The molecule has 7 rings (SSSR count). The van der Waals surface area contributed by atoms with E-state index in [0.717, 1.165) is 60.5 Å². The molecule has 4 heterocycles. The van der Waals surface area contributed by atoms with Gasteiger partial charge in [0.2, 0.25) is 12.7 Å². The summed E-state index contributed by atoms with van der Waals surface area (Å²) in [6.07, 6.45) is 0.981. The van der Waals surface area contributed by atoms with E-state index >= 15 is 0 Å². The SMILES string of the molecule is COc1ccc(CN2CCC3NN(Cc4ccccc4)c4nc(NCc5ccc6c(c5)OCO6)nc2c43)cc1. The third-order valence-electron chi connectivity index (χ3n) is 7.41. The first-order chi connectivity index (χ1) is 19.2. The summed E-state index contributed by atoms with van der Waals surface area (Å²) >= 11 is 0. The van der Waals surface area contributed by atoms with Crippen molar-refractivity contribution in [2.24, 2.45) is 0 Å². The first-order valence-electron chi connectivity index (χ1n) is 13.2. The molecule has 1 aromatic heterocycles. The van der Waals surface area contributed by atoms with Crippen LogP contribution in [0.1, 0.15) is 34.7 Å². The summed E-state index contributed by atoms with van der Waals surface area (Å²) in [7, 11) is 1.69. The largest absolute Gasteiger partial charge is 0.497 e. The van der Waals surface area contributed by atoms with Crippen molar-refractivity contribution in [1.82, 2.24) is 15.4 Å². The molecule has 0 saturated heterocycles. The van der Waals surface area contributed by atoms with Gasteiger partial charge in [0.1, 0.15) is 11.6 Å². The second kappa shape index (κ2) is 9.99. The third kappa shape index (κ3) is 4.66. The maximum absolute atomic E-state index is 5.55. The molecule has 3 aliphatic heterocycles. The van der Waals surface area contributed by atoms with E-state index in [9.17, 15) is 0 Å². The molecular formula is C30H30N6O3.